The molecule has 0 aromatic heterocycles. The Bertz CT molecular complexity index is 1150. The summed E-state index contributed by atoms with van der Waals surface area (Å²) >= 11 is 0. The van der Waals surface area contributed by atoms with Crippen LogP contribution in [0, 0.1) is 17.8 Å². The first-order chi connectivity index (χ1) is 20.6. The fourth-order valence-electron chi connectivity index (χ4n) is 7.12. The van der Waals surface area contributed by atoms with Gasteiger partial charge in [0.2, 0.25) is 0 Å². The van der Waals surface area contributed by atoms with E-state index >= 15 is 0 Å². The van der Waals surface area contributed by atoms with Gasteiger partial charge in [0.25, 0.3) is 0 Å². The Balaban J connectivity index is 1.46. The molecular formula is C35H54O7S. The molecule has 3 saturated heterocycles. The van der Waals surface area contributed by atoms with Gasteiger partial charge in [-0.1, -0.05) is 58.5 Å². The average Bonchev–Trinajstić information content (AvgIpc) is 3.50. The first-order valence-corrected chi connectivity index (χ1v) is 18.0. The molecular weight excluding hydrogens is 564 g/mol. The van der Waals surface area contributed by atoms with Crippen molar-refractivity contribution in [3.05, 3.63) is 54.6 Å². The molecule has 0 spiro atoms. The first kappa shape index (κ1) is 34.3. The van der Waals surface area contributed by atoms with Crippen molar-refractivity contribution in [1.82, 2.24) is 0 Å². The largest absolute Gasteiger partial charge is 0.396 e. The SMILES string of the molecule is C=C1C[C@H](CCCO)OC1CC[C@H]1C[C@@H](C)C(=C)[C@@H](C[C@@H]2O[C@H](C[C@H](C)CC)[C@H](OC)[C@H]2CS(=O)(=O)c2ccccc2)O1. The maximum Gasteiger partial charge on any atom is 0.178 e. The van der Waals surface area contributed by atoms with Crippen molar-refractivity contribution in [3.63, 3.8) is 0 Å². The Morgan fingerprint density at radius 3 is 2.42 bits per heavy atom. The highest BCUT2D eigenvalue weighted by molar-refractivity contribution is 7.91. The second-order valence-corrected chi connectivity index (χ2v) is 15.2. The molecule has 0 aliphatic carbocycles. The smallest absolute Gasteiger partial charge is 0.178 e. The Labute approximate surface area is 259 Å². The van der Waals surface area contributed by atoms with Gasteiger partial charge in [0.15, 0.2) is 9.84 Å². The summed E-state index contributed by atoms with van der Waals surface area (Å²) in [6.07, 6.45) is 6.68. The predicted molar refractivity (Wildman–Crippen MR) is 170 cm³/mol. The maximum absolute atomic E-state index is 13.6. The molecule has 0 amide bonds. The van der Waals surface area contributed by atoms with Crippen LogP contribution in [-0.2, 0) is 28.8 Å². The number of aliphatic hydroxyl groups excluding tert-OH is 1. The molecule has 0 radical (unpaired) electrons. The zero-order valence-corrected chi connectivity index (χ0v) is 27.5. The van der Waals surface area contributed by atoms with E-state index in [0.29, 0.717) is 17.2 Å². The van der Waals surface area contributed by atoms with Crippen LogP contribution in [-0.4, -0.2) is 75.7 Å². The normalized spacial score (nSPS) is 34.1. The highest BCUT2D eigenvalue weighted by Gasteiger charge is 2.48. The van der Waals surface area contributed by atoms with E-state index in [4.69, 9.17) is 18.9 Å². The molecule has 242 valence electrons. The van der Waals surface area contributed by atoms with Gasteiger partial charge in [-0.25, -0.2) is 8.42 Å². The second kappa shape index (κ2) is 15.6. The lowest BCUT2D eigenvalue weighted by molar-refractivity contribution is -0.0751. The molecule has 0 saturated carbocycles. The fourth-order valence-corrected chi connectivity index (χ4v) is 8.80. The predicted octanol–water partition coefficient (Wildman–Crippen LogP) is 6.30. The number of hydrogen-bond donors (Lipinski definition) is 1. The van der Waals surface area contributed by atoms with Crippen molar-refractivity contribution in [2.75, 3.05) is 19.5 Å². The maximum atomic E-state index is 13.6. The quantitative estimate of drug-likeness (QED) is 0.231. The topological polar surface area (TPSA) is 91.3 Å². The van der Waals surface area contributed by atoms with Crippen LogP contribution in [0.3, 0.4) is 0 Å². The summed E-state index contributed by atoms with van der Waals surface area (Å²) in [4.78, 5) is 0.329. The summed E-state index contributed by atoms with van der Waals surface area (Å²) in [6, 6.07) is 8.67. The van der Waals surface area contributed by atoms with Gasteiger partial charge in [0.05, 0.1) is 53.4 Å². The second-order valence-electron chi connectivity index (χ2n) is 13.2. The van der Waals surface area contributed by atoms with Crippen molar-refractivity contribution in [2.45, 2.75) is 126 Å². The van der Waals surface area contributed by atoms with Gasteiger partial charge < -0.3 is 24.1 Å². The van der Waals surface area contributed by atoms with Crippen molar-refractivity contribution < 1.29 is 32.5 Å². The molecule has 1 aromatic rings. The molecule has 3 fully saturated rings. The molecule has 3 heterocycles. The summed E-state index contributed by atoms with van der Waals surface area (Å²) in [5, 5.41) is 9.17. The van der Waals surface area contributed by atoms with E-state index in [1.54, 1.807) is 31.4 Å². The zero-order chi connectivity index (χ0) is 31.1. The molecule has 43 heavy (non-hydrogen) atoms. The summed E-state index contributed by atoms with van der Waals surface area (Å²) < 4.78 is 52.8. The Morgan fingerprint density at radius 2 is 1.74 bits per heavy atom. The zero-order valence-electron chi connectivity index (χ0n) is 26.7. The van der Waals surface area contributed by atoms with E-state index in [0.717, 1.165) is 62.5 Å². The lowest BCUT2D eigenvalue weighted by Gasteiger charge is -2.38. The molecule has 4 rings (SSSR count). The molecule has 1 aromatic carbocycles. The molecule has 1 unspecified atom stereocenters. The number of hydrogen-bond acceptors (Lipinski definition) is 7. The van der Waals surface area contributed by atoms with Crippen molar-refractivity contribution in [2.24, 2.45) is 17.8 Å². The third kappa shape index (κ3) is 8.80. The Kier molecular flexibility index (Phi) is 12.5. The minimum atomic E-state index is -3.55. The van der Waals surface area contributed by atoms with Crippen LogP contribution in [0.25, 0.3) is 0 Å². The fraction of sp³-hybridized carbons (Fsp3) is 0.714. The summed E-state index contributed by atoms with van der Waals surface area (Å²) in [5.74, 6) is 0.376. The van der Waals surface area contributed by atoms with E-state index in [-0.39, 0.29) is 66.9 Å². The van der Waals surface area contributed by atoms with E-state index < -0.39 is 9.84 Å². The van der Waals surface area contributed by atoms with Crippen LogP contribution >= 0.6 is 0 Å². The number of sulfone groups is 1. The summed E-state index contributed by atoms with van der Waals surface area (Å²) in [7, 11) is -1.88. The van der Waals surface area contributed by atoms with E-state index in [9.17, 15) is 13.5 Å². The number of ether oxygens (including phenoxy) is 4. The van der Waals surface area contributed by atoms with Gasteiger partial charge in [-0.2, -0.15) is 0 Å². The van der Waals surface area contributed by atoms with Crippen molar-refractivity contribution in [1.29, 1.82) is 0 Å². The number of aliphatic hydroxyl groups is 1. The van der Waals surface area contributed by atoms with Crippen LogP contribution < -0.4 is 0 Å². The molecule has 10 atom stereocenters. The molecule has 0 bridgehead atoms. The molecule has 3 aliphatic rings. The van der Waals surface area contributed by atoms with Crippen molar-refractivity contribution in [3.8, 4) is 0 Å². The highest BCUT2D eigenvalue weighted by Crippen LogP contribution is 2.41. The Hall–Kier alpha value is -1.55. The van der Waals surface area contributed by atoms with Gasteiger partial charge >= 0.3 is 0 Å². The number of benzene rings is 1. The minimum Gasteiger partial charge on any atom is -0.396 e. The minimum absolute atomic E-state index is 0.0284. The van der Waals surface area contributed by atoms with Crippen LogP contribution in [0.2, 0.25) is 0 Å². The standard InChI is InChI=1S/C35H54O7S/c1-7-23(2)18-34-35(39-6)30(22-43(37,38)29-13-9-8-10-14-29)33(42-34)21-32-26(5)24(3)19-28(41-32)15-16-31-25(4)20-27(40-31)12-11-17-36/h8-10,13-14,23-24,27-28,30-36H,4-5,7,11-12,15-22H2,1-3,6H3/t23-,24-,27+,28+,30+,31?,32-,33+,34-,35-/m1/s1. The molecule has 3 aliphatic heterocycles. The van der Waals surface area contributed by atoms with Gasteiger partial charge in [-0.3, -0.25) is 0 Å². The van der Waals surface area contributed by atoms with Crippen LogP contribution in [0.15, 0.2) is 59.5 Å². The summed E-state index contributed by atoms with van der Waals surface area (Å²) in [5.41, 5.74) is 2.18. The monoisotopic (exact) mass is 618 g/mol. The first-order valence-electron chi connectivity index (χ1n) is 16.3. The third-order valence-electron chi connectivity index (χ3n) is 9.94. The number of rotatable bonds is 15. The molecule has 7 nitrogen and oxygen atoms in total. The lowest BCUT2D eigenvalue weighted by atomic mass is 9.83. The van der Waals surface area contributed by atoms with Gasteiger partial charge in [-0.15, -0.1) is 0 Å². The van der Waals surface area contributed by atoms with E-state index in [1.165, 1.54) is 0 Å². The lowest BCUT2D eigenvalue weighted by Crippen LogP contribution is -2.40. The van der Waals surface area contributed by atoms with Gasteiger partial charge in [0.1, 0.15) is 0 Å². The van der Waals surface area contributed by atoms with Crippen LogP contribution in [0.5, 0.6) is 0 Å². The summed E-state index contributed by atoms with van der Waals surface area (Å²) in [6.45, 7) is 15.4. The van der Waals surface area contributed by atoms with E-state index in [2.05, 4.69) is 33.9 Å². The van der Waals surface area contributed by atoms with Gasteiger partial charge in [0, 0.05) is 26.1 Å². The third-order valence-corrected chi connectivity index (χ3v) is 11.8. The molecule has 8 heteroatoms. The number of methoxy groups -OCH3 is 1. The van der Waals surface area contributed by atoms with Gasteiger partial charge in [-0.05, 0) is 80.1 Å². The van der Waals surface area contributed by atoms with E-state index in [1.807, 2.05) is 6.07 Å². The van der Waals surface area contributed by atoms with Crippen molar-refractivity contribution >= 4 is 9.84 Å². The average molecular weight is 619 g/mol. The molecule has 1 N–H and O–H groups in total. The highest BCUT2D eigenvalue weighted by atomic mass is 32.2. The van der Waals surface area contributed by atoms with Crippen LogP contribution in [0.1, 0.15) is 78.6 Å². The Morgan fingerprint density at radius 1 is 1.02 bits per heavy atom. The van der Waals surface area contributed by atoms with Crippen LogP contribution in [0.4, 0.5) is 0 Å².